The highest BCUT2D eigenvalue weighted by molar-refractivity contribution is 5.99. The molecular formula is C25H33FN2O3. The van der Waals surface area contributed by atoms with Crippen LogP contribution in [0.15, 0.2) is 48.5 Å². The summed E-state index contributed by atoms with van der Waals surface area (Å²) in [6.07, 6.45) is 1.87. The quantitative estimate of drug-likeness (QED) is 0.561. The SMILES string of the molecule is CCN(CC)CCCOc1ccc(NC(=O)C2(c3ccccc3F)CCOCC2)cc1. The number of halogens is 1. The van der Waals surface area contributed by atoms with Gasteiger partial charge in [-0.25, -0.2) is 4.39 Å². The fourth-order valence-electron chi connectivity index (χ4n) is 4.09. The van der Waals surface area contributed by atoms with Crippen LogP contribution in [-0.4, -0.2) is 50.3 Å². The summed E-state index contributed by atoms with van der Waals surface area (Å²) in [5.74, 6) is 0.217. The summed E-state index contributed by atoms with van der Waals surface area (Å²) in [4.78, 5) is 15.7. The molecular weight excluding hydrogens is 395 g/mol. The Hall–Kier alpha value is -2.44. The number of ether oxygens (including phenoxy) is 2. The molecule has 0 radical (unpaired) electrons. The fraction of sp³-hybridized carbons (Fsp3) is 0.480. The lowest BCUT2D eigenvalue weighted by molar-refractivity contribution is -0.125. The molecule has 1 aliphatic rings. The molecule has 1 saturated heterocycles. The zero-order valence-corrected chi connectivity index (χ0v) is 18.5. The molecule has 0 spiro atoms. The van der Waals surface area contributed by atoms with Gasteiger partial charge in [0.15, 0.2) is 0 Å². The van der Waals surface area contributed by atoms with Crippen LogP contribution in [0.3, 0.4) is 0 Å². The lowest BCUT2D eigenvalue weighted by Gasteiger charge is -2.36. The van der Waals surface area contributed by atoms with Crippen LogP contribution in [0.4, 0.5) is 10.1 Å². The first-order valence-electron chi connectivity index (χ1n) is 11.2. The van der Waals surface area contributed by atoms with Gasteiger partial charge >= 0.3 is 0 Å². The summed E-state index contributed by atoms with van der Waals surface area (Å²) in [6.45, 7) is 8.95. The zero-order chi connectivity index (χ0) is 22.1. The molecule has 31 heavy (non-hydrogen) atoms. The van der Waals surface area contributed by atoms with Crippen molar-refractivity contribution in [3.63, 3.8) is 0 Å². The van der Waals surface area contributed by atoms with E-state index in [1.54, 1.807) is 18.2 Å². The monoisotopic (exact) mass is 428 g/mol. The Kier molecular flexibility index (Phi) is 8.43. The van der Waals surface area contributed by atoms with Crippen LogP contribution in [0.2, 0.25) is 0 Å². The summed E-state index contributed by atoms with van der Waals surface area (Å²) < 4.78 is 25.9. The van der Waals surface area contributed by atoms with Crippen molar-refractivity contribution in [2.24, 2.45) is 0 Å². The number of hydrogen-bond donors (Lipinski definition) is 1. The number of hydrogen-bond acceptors (Lipinski definition) is 4. The predicted molar refractivity (Wildman–Crippen MR) is 121 cm³/mol. The van der Waals surface area contributed by atoms with Crippen LogP contribution in [0, 0.1) is 5.82 Å². The van der Waals surface area contributed by atoms with E-state index in [-0.39, 0.29) is 11.7 Å². The Morgan fingerprint density at radius 2 is 1.77 bits per heavy atom. The van der Waals surface area contributed by atoms with E-state index in [1.165, 1.54) is 6.07 Å². The standard InChI is InChI=1S/C25H33FN2O3/c1-3-28(4-2)16-7-17-31-21-12-10-20(11-13-21)27-24(29)25(14-18-30-19-15-25)22-8-5-6-9-23(22)26/h5-6,8-13H,3-4,7,14-19H2,1-2H3,(H,27,29). The number of benzene rings is 2. The summed E-state index contributed by atoms with van der Waals surface area (Å²) in [6, 6.07) is 13.9. The van der Waals surface area contributed by atoms with Crippen LogP contribution in [0.25, 0.3) is 0 Å². The van der Waals surface area contributed by atoms with Crippen LogP contribution >= 0.6 is 0 Å². The summed E-state index contributed by atoms with van der Waals surface area (Å²) in [7, 11) is 0. The van der Waals surface area contributed by atoms with Crippen molar-refractivity contribution in [2.45, 2.75) is 38.5 Å². The summed E-state index contributed by atoms with van der Waals surface area (Å²) >= 11 is 0. The number of rotatable bonds is 10. The second-order valence-corrected chi connectivity index (χ2v) is 7.88. The largest absolute Gasteiger partial charge is 0.494 e. The zero-order valence-electron chi connectivity index (χ0n) is 18.5. The van der Waals surface area contributed by atoms with Crippen molar-refractivity contribution in [2.75, 3.05) is 44.8 Å². The van der Waals surface area contributed by atoms with E-state index in [9.17, 15) is 9.18 Å². The molecule has 0 aromatic heterocycles. The number of anilines is 1. The normalized spacial score (nSPS) is 15.6. The van der Waals surface area contributed by atoms with Crippen molar-refractivity contribution in [3.05, 3.63) is 59.9 Å². The van der Waals surface area contributed by atoms with Gasteiger partial charge in [0.1, 0.15) is 11.6 Å². The summed E-state index contributed by atoms with van der Waals surface area (Å²) in [5.41, 5.74) is 0.176. The third-order valence-corrected chi connectivity index (χ3v) is 6.06. The second kappa shape index (κ2) is 11.3. The van der Waals surface area contributed by atoms with E-state index >= 15 is 0 Å². The van der Waals surface area contributed by atoms with Crippen molar-refractivity contribution in [1.29, 1.82) is 0 Å². The molecule has 0 atom stereocenters. The van der Waals surface area contributed by atoms with E-state index < -0.39 is 5.41 Å². The lowest BCUT2D eigenvalue weighted by Crippen LogP contribution is -2.45. The van der Waals surface area contributed by atoms with Crippen LogP contribution in [0.1, 0.15) is 38.7 Å². The third-order valence-electron chi connectivity index (χ3n) is 6.06. The minimum absolute atomic E-state index is 0.200. The van der Waals surface area contributed by atoms with Gasteiger partial charge in [0.05, 0.1) is 12.0 Å². The number of carbonyl (C=O) groups excluding carboxylic acids is 1. The molecule has 1 fully saturated rings. The highest BCUT2D eigenvalue weighted by Crippen LogP contribution is 2.37. The van der Waals surface area contributed by atoms with E-state index in [0.29, 0.717) is 43.9 Å². The van der Waals surface area contributed by atoms with E-state index in [2.05, 4.69) is 24.1 Å². The number of carbonyl (C=O) groups is 1. The maximum Gasteiger partial charge on any atom is 0.235 e. The van der Waals surface area contributed by atoms with Gasteiger partial charge in [-0.05, 0) is 62.7 Å². The first-order valence-corrected chi connectivity index (χ1v) is 11.2. The van der Waals surface area contributed by atoms with Gasteiger partial charge in [0, 0.05) is 31.0 Å². The minimum atomic E-state index is -0.927. The van der Waals surface area contributed by atoms with E-state index in [1.807, 2.05) is 24.3 Å². The lowest BCUT2D eigenvalue weighted by atomic mass is 9.73. The van der Waals surface area contributed by atoms with E-state index in [4.69, 9.17) is 9.47 Å². The second-order valence-electron chi connectivity index (χ2n) is 7.88. The number of nitrogens with zero attached hydrogens (tertiary/aromatic N) is 1. The van der Waals surface area contributed by atoms with Gasteiger partial charge in [-0.15, -0.1) is 0 Å². The minimum Gasteiger partial charge on any atom is -0.494 e. The highest BCUT2D eigenvalue weighted by atomic mass is 19.1. The van der Waals surface area contributed by atoms with Crippen molar-refractivity contribution in [3.8, 4) is 5.75 Å². The van der Waals surface area contributed by atoms with Crippen molar-refractivity contribution < 1.29 is 18.7 Å². The molecule has 1 heterocycles. The number of amides is 1. The average molecular weight is 429 g/mol. The Labute approximate surface area is 184 Å². The third kappa shape index (κ3) is 5.83. The maximum absolute atomic E-state index is 14.6. The van der Waals surface area contributed by atoms with Gasteiger partial charge in [0.2, 0.25) is 5.91 Å². The molecule has 0 unspecified atom stereocenters. The molecule has 2 aromatic rings. The van der Waals surface area contributed by atoms with Gasteiger partial charge in [-0.2, -0.15) is 0 Å². The van der Waals surface area contributed by atoms with Crippen LogP contribution in [0.5, 0.6) is 5.75 Å². The molecule has 1 N–H and O–H groups in total. The Morgan fingerprint density at radius 3 is 2.42 bits per heavy atom. The molecule has 2 aromatic carbocycles. The first kappa shape index (κ1) is 23.2. The molecule has 5 nitrogen and oxygen atoms in total. The van der Waals surface area contributed by atoms with Crippen molar-refractivity contribution in [1.82, 2.24) is 4.90 Å². The topological polar surface area (TPSA) is 50.8 Å². The first-order chi connectivity index (χ1) is 15.1. The molecule has 1 aliphatic heterocycles. The smallest absolute Gasteiger partial charge is 0.235 e. The molecule has 1 amide bonds. The van der Waals surface area contributed by atoms with Gasteiger partial charge in [0.25, 0.3) is 0 Å². The van der Waals surface area contributed by atoms with Gasteiger partial charge < -0.3 is 19.7 Å². The molecule has 3 rings (SSSR count). The average Bonchev–Trinajstić information content (AvgIpc) is 2.81. The van der Waals surface area contributed by atoms with Gasteiger partial charge in [-0.1, -0.05) is 32.0 Å². The van der Waals surface area contributed by atoms with Gasteiger partial charge in [-0.3, -0.25) is 4.79 Å². The number of nitrogens with one attached hydrogen (secondary N) is 1. The molecule has 0 saturated carbocycles. The van der Waals surface area contributed by atoms with Crippen molar-refractivity contribution >= 4 is 11.6 Å². The Morgan fingerprint density at radius 1 is 1.10 bits per heavy atom. The molecule has 0 aliphatic carbocycles. The Balaban J connectivity index is 1.62. The van der Waals surface area contributed by atoms with E-state index in [0.717, 1.165) is 31.8 Å². The highest BCUT2D eigenvalue weighted by Gasteiger charge is 2.43. The molecule has 0 bridgehead atoms. The maximum atomic E-state index is 14.6. The fourth-order valence-corrected chi connectivity index (χ4v) is 4.09. The molecule has 168 valence electrons. The molecule has 6 heteroatoms. The van der Waals surface area contributed by atoms with Crippen LogP contribution in [-0.2, 0) is 14.9 Å². The predicted octanol–water partition coefficient (Wildman–Crippen LogP) is 4.62. The Bertz CT molecular complexity index is 831. The van der Waals surface area contributed by atoms with Crippen LogP contribution < -0.4 is 10.1 Å². The summed E-state index contributed by atoms with van der Waals surface area (Å²) in [5, 5.41) is 2.98.